The minimum Gasteiger partial charge on any atom is -0.497 e. The van der Waals surface area contributed by atoms with Crippen LogP contribution >= 0.6 is 0 Å². The lowest BCUT2D eigenvalue weighted by atomic mass is 10.1. The summed E-state index contributed by atoms with van der Waals surface area (Å²) in [5.74, 6) is 1.10. The highest BCUT2D eigenvalue weighted by Crippen LogP contribution is 2.40. The van der Waals surface area contributed by atoms with Crippen molar-refractivity contribution in [2.45, 2.75) is 12.8 Å². The Labute approximate surface area is 82.3 Å². The van der Waals surface area contributed by atoms with Gasteiger partial charge < -0.3 is 9.64 Å². The van der Waals surface area contributed by atoms with Crippen molar-refractivity contribution in [1.82, 2.24) is 0 Å². The molecule has 2 aliphatic heterocycles. The van der Waals surface area contributed by atoms with Gasteiger partial charge in [0.2, 0.25) is 5.91 Å². The van der Waals surface area contributed by atoms with E-state index in [9.17, 15) is 4.79 Å². The molecular weight excluding hydrogens is 178 g/mol. The zero-order chi connectivity index (χ0) is 9.71. The third kappa shape index (κ3) is 0.842. The Kier molecular flexibility index (Phi) is 1.40. The molecular formula is C11H11NO2. The summed E-state index contributed by atoms with van der Waals surface area (Å²) in [5, 5.41) is 0. The van der Waals surface area contributed by atoms with Gasteiger partial charge in [0.25, 0.3) is 0 Å². The molecule has 0 aromatic heterocycles. The maximum absolute atomic E-state index is 11.6. The molecule has 0 aliphatic carbocycles. The lowest BCUT2D eigenvalue weighted by Crippen LogP contribution is -2.24. The first-order valence-corrected chi connectivity index (χ1v) is 4.80. The van der Waals surface area contributed by atoms with Gasteiger partial charge in [-0.15, -0.1) is 0 Å². The highest BCUT2D eigenvalue weighted by atomic mass is 16.5. The van der Waals surface area contributed by atoms with Crippen molar-refractivity contribution in [3.63, 3.8) is 0 Å². The predicted octanol–water partition coefficient (Wildman–Crippen LogP) is 1.14. The van der Waals surface area contributed by atoms with E-state index in [-0.39, 0.29) is 5.91 Å². The summed E-state index contributed by atoms with van der Waals surface area (Å²) in [7, 11) is 1.66. The van der Waals surface area contributed by atoms with E-state index in [1.807, 2.05) is 17.0 Å². The lowest BCUT2D eigenvalue weighted by molar-refractivity contribution is -0.117. The van der Waals surface area contributed by atoms with E-state index in [1.165, 1.54) is 5.56 Å². The van der Waals surface area contributed by atoms with Crippen molar-refractivity contribution in [2.75, 3.05) is 18.6 Å². The Bertz CT molecular complexity index is 426. The normalized spacial score (nSPS) is 17.5. The maximum Gasteiger partial charge on any atom is 0.231 e. The van der Waals surface area contributed by atoms with Crippen molar-refractivity contribution in [3.8, 4) is 5.75 Å². The van der Waals surface area contributed by atoms with Crippen molar-refractivity contribution < 1.29 is 9.53 Å². The van der Waals surface area contributed by atoms with Crippen molar-refractivity contribution in [2.24, 2.45) is 0 Å². The summed E-state index contributed by atoms with van der Waals surface area (Å²) >= 11 is 0. The van der Waals surface area contributed by atoms with Gasteiger partial charge in [-0.1, -0.05) is 0 Å². The smallest absolute Gasteiger partial charge is 0.231 e. The summed E-state index contributed by atoms with van der Waals surface area (Å²) in [6, 6.07) is 4.01. The molecule has 0 bridgehead atoms. The number of rotatable bonds is 1. The zero-order valence-electron chi connectivity index (χ0n) is 8.04. The molecule has 0 atom stereocenters. The number of anilines is 1. The SMILES string of the molecule is COc1cc2c3c(c1)CC(=O)N3CC2. The zero-order valence-corrected chi connectivity index (χ0v) is 8.04. The topological polar surface area (TPSA) is 29.5 Å². The number of carbonyl (C=O) groups is 1. The molecule has 0 unspecified atom stereocenters. The van der Waals surface area contributed by atoms with Gasteiger partial charge in [-0.2, -0.15) is 0 Å². The standard InChI is InChI=1S/C11H11NO2/c1-14-9-4-7-2-3-12-10(13)6-8(5-9)11(7)12/h4-5H,2-3,6H2,1H3. The minimum atomic E-state index is 0.229. The molecule has 0 fully saturated rings. The molecule has 72 valence electrons. The number of hydrogen-bond donors (Lipinski definition) is 0. The minimum absolute atomic E-state index is 0.229. The van der Waals surface area contributed by atoms with Crippen LogP contribution in [0.4, 0.5) is 5.69 Å². The van der Waals surface area contributed by atoms with Gasteiger partial charge in [-0.25, -0.2) is 0 Å². The summed E-state index contributed by atoms with van der Waals surface area (Å²) in [5.41, 5.74) is 3.53. The summed E-state index contributed by atoms with van der Waals surface area (Å²) < 4.78 is 5.21. The van der Waals surface area contributed by atoms with Gasteiger partial charge in [0.15, 0.2) is 0 Å². The third-order valence-electron chi connectivity index (χ3n) is 2.99. The Morgan fingerprint density at radius 1 is 1.36 bits per heavy atom. The molecule has 0 N–H and O–H groups in total. The molecule has 1 aromatic rings. The molecule has 3 rings (SSSR count). The Hall–Kier alpha value is -1.51. The second-order valence-electron chi connectivity index (χ2n) is 3.77. The monoisotopic (exact) mass is 189 g/mol. The van der Waals surface area contributed by atoms with E-state index in [1.54, 1.807) is 7.11 Å². The summed E-state index contributed by atoms with van der Waals surface area (Å²) in [6.45, 7) is 0.842. The van der Waals surface area contributed by atoms with Crippen LogP contribution in [0.5, 0.6) is 5.75 Å². The number of hydrogen-bond acceptors (Lipinski definition) is 2. The largest absolute Gasteiger partial charge is 0.497 e. The van der Waals surface area contributed by atoms with Gasteiger partial charge in [0.1, 0.15) is 5.75 Å². The van der Waals surface area contributed by atoms with Crippen LogP contribution in [0.25, 0.3) is 0 Å². The first kappa shape index (κ1) is 7.85. The van der Waals surface area contributed by atoms with E-state index < -0.39 is 0 Å². The van der Waals surface area contributed by atoms with Gasteiger partial charge in [0, 0.05) is 6.54 Å². The fraction of sp³-hybridized carbons (Fsp3) is 0.364. The van der Waals surface area contributed by atoms with Crippen LogP contribution in [-0.4, -0.2) is 19.6 Å². The van der Waals surface area contributed by atoms with Crippen LogP contribution in [0.15, 0.2) is 12.1 Å². The predicted molar refractivity (Wildman–Crippen MR) is 52.8 cm³/mol. The van der Waals surface area contributed by atoms with Crippen LogP contribution in [0.3, 0.4) is 0 Å². The summed E-state index contributed by atoms with van der Waals surface area (Å²) in [4.78, 5) is 13.5. The molecule has 0 radical (unpaired) electrons. The second-order valence-corrected chi connectivity index (χ2v) is 3.77. The fourth-order valence-electron chi connectivity index (χ4n) is 2.37. The third-order valence-corrected chi connectivity index (χ3v) is 2.99. The van der Waals surface area contributed by atoms with Crippen LogP contribution in [0, 0.1) is 0 Å². The van der Waals surface area contributed by atoms with Crippen LogP contribution in [0.2, 0.25) is 0 Å². The summed E-state index contributed by atoms with van der Waals surface area (Å²) in [6.07, 6.45) is 1.50. The molecule has 14 heavy (non-hydrogen) atoms. The van der Waals surface area contributed by atoms with E-state index in [0.717, 1.165) is 30.0 Å². The number of carbonyl (C=O) groups excluding carboxylic acids is 1. The highest BCUT2D eigenvalue weighted by Gasteiger charge is 2.34. The molecule has 1 amide bonds. The second kappa shape index (κ2) is 2.50. The van der Waals surface area contributed by atoms with Gasteiger partial charge in [0.05, 0.1) is 19.2 Å². The number of amides is 1. The molecule has 0 saturated heterocycles. The Morgan fingerprint density at radius 3 is 2.93 bits per heavy atom. The van der Waals surface area contributed by atoms with Crippen molar-refractivity contribution in [1.29, 1.82) is 0 Å². The quantitative estimate of drug-likeness (QED) is 0.663. The van der Waals surface area contributed by atoms with E-state index >= 15 is 0 Å². The van der Waals surface area contributed by atoms with Crippen LogP contribution in [0.1, 0.15) is 11.1 Å². The van der Waals surface area contributed by atoms with E-state index in [0.29, 0.717) is 6.42 Å². The van der Waals surface area contributed by atoms with Gasteiger partial charge in [-0.3, -0.25) is 4.79 Å². The molecule has 0 spiro atoms. The Balaban J connectivity index is 2.22. The van der Waals surface area contributed by atoms with Crippen LogP contribution in [-0.2, 0) is 17.6 Å². The highest BCUT2D eigenvalue weighted by molar-refractivity contribution is 6.03. The molecule has 1 aromatic carbocycles. The number of nitrogens with zero attached hydrogens (tertiary/aromatic N) is 1. The number of ether oxygens (including phenoxy) is 1. The van der Waals surface area contributed by atoms with Crippen molar-refractivity contribution >= 4 is 11.6 Å². The Morgan fingerprint density at radius 2 is 2.14 bits per heavy atom. The molecule has 2 aliphatic rings. The number of methoxy groups -OCH3 is 1. The van der Waals surface area contributed by atoms with E-state index in [4.69, 9.17) is 4.74 Å². The average molecular weight is 189 g/mol. The molecule has 3 heteroatoms. The first-order valence-electron chi connectivity index (χ1n) is 4.80. The molecule has 0 saturated carbocycles. The van der Waals surface area contributed by atoms with Crippen molar-refractivity contribution in [3.05, 3.63) is 23.3 Å². The maximum atomic E-state index is 11.6. The fourth-order valence-corrected chi connectivity index (χ4v) is 2.37. The average Bonchev–Trinajstić information content (AvgIpc) is 2.73. The number of benzene rings is 1. The van der Waals surface area contributed by atoms with Gasteiger partial charge >= 0.3 is 0 Å². The molecule has 2 heterocycles. The van der Waals surface area contributed by atoms with Gasteiger partial charge in [-0.05, 0) is 29.7 Å². The first-order chi connectivity index (χ1) is 6.79. The molecule has 3 nitrogen and oxygen atoms in total. The van der Waals surface area contributed by atoms with E-state index in [2.05, 4.69) is 0 Å². The van der Waals surface area contributed by atoms with Crippen LogP contribution < -0.4 is 9.64 Å². The lowest BCUT2D eigenvalue weighted by Gasteiger charge is -2.09.